The average Bonchev–Trinajstić information content (AvgIpc) is 3.17. The molecule has 5 aromatic rings. The maximum atomic E-state index is 13.8. The molecule has 0 unspecified atom stereocenters. The lowest BCUT2D eigenvalue weighted by Crippen LogP contribution is -2.32. The summed E-state index contributed by atoms with van der Waals surface area (Å²) < 4.78 is 42.8. The average molecular weight is 490 g/mol. The van der Waals surface area contributed by atoms with Crippen LogP contribution in [0.1, 0.15) is 21.6 Å². The summed E-state index contributed by atoms with van der Waals surface area (Å²) in [6, 6.07) is 18.9. The molecule has 1 amide bonds. The van der Waals surface area contributed by atoms with Crippen LogP contribution >= 0.6 is 0 Å². The van der Waals surface area contributed by atoms with Gasteiger partial charge in [-0.2, -0.15) is 23.0 Å². The van der Waals surface area contributed by atoms with E-state index in [1.807, 2.05) is 31.2 Å². The Kier molecular flexibility index (Phi) is 5.43. The summed E-state index contributed by atoms with van der Waals surface area (Å²) in [5.41, 5.74) is 1.18. The Hall–Kier alpha value is -4.40. The standard InChI is InChI=1S/C27H21F3N4O2/c1-16-11-13-18(14-12-16)34-26(36)24-22(20-9-4-5-10-21(20)33(24)3)23(31-34)25(35)32(2)19-8-6-7-17(15-19)27(28,29)30/h4-15H,1-3H3. The molecule has 3 aromatic carbocycles. The van der Waals surface area contributed by atoms with Gasteiger partial charge >= 0.3 is 6.18 Å². The number of carbonyl (C=O) groups is 1. The van der Waals surface area contributed by atoms with E-state index in [1.165, 1.54) is 19.2 Å². The molecular weight excluding hydrogens is 469 g/mol. The molecule has 0 bridgehead atoms. The van der Waals surface area contributed by atoms with Crippen molar-refractivity contribution < 1.29 is 18.0 Å². The van der Waals surface area contributed by atoms with Crippen LogP contribution in [0.25, 0.3) is 27.5 Å². The molecule has 0 atom stereocenters. The molecule has 0 spiro atoms. The molecule has 0 N–H and O–H groups in total. The van der Waals surface area contributed by atoms with Gasteiger partial charge in [-0.1, -0.05) is 42.0 Å². The highest BCUT2D eigenvalue weighted by molar-refractivity contribution is 6.20. The first-order valence-corrected chi connectivity index (χ1v) is 11.1. The van der Waals surface area contributed by atoms with Crippen LogP contribution in [0.15, 0.2) is 77.6 Å². The maximum absolute atomic E-state index is 13.8. The number of fused-ring (bicyclic) bond motifs is 3. The van der Waals surface area contributed by atoms with Gasteiger partial charge in [-0.25, -0.2) is 0 Å². The van der Waals surface area contributed by atoms with Gasteiger partial charge in [-0.05, 0) is 43.3 Å². The summed E-state index contributed by atoms with van der Waals surface area (Å²) in [4.78, 5) is 28.5. The molecule has 0 aliphatic carbocycles. The van der Waals surface area contributed by atoms with Crippen molar-refractivity contribution in [2.24, 2.45) is 7.05 Å². The molecule has 2 aromatic heterocycles. The van der Waals surface area contributed by atoms with Crippen LogP contribution < -0.4 is 10.5 Å². The lowest BCUT2D eigenvalue weighted by atomic mass is 10.1. The monoisotopic (exact) mass is 490 g/mol. The second-order valence-corrected chi connectivity index (χ2v) is 8.61. The predicted molar refractivity (Wildman–Crippen MR) is 133 cm³/mol. The molecule has 9 heteroatoms. The van der Waals surface area contributed by atoms with E-state index in [1.54, 1.807) is 35.9 Å². The number of rotatable bonds is 3. The lowest BCUT2D eigenvalue weighted by Gasteiger charge is -2.19. The molecular formula is C27H21F3N4O2. The molecule has 5 rings (SSSR count). The van der Waals surface area contributed by atoms with Gasteiger partial charge in [0.2, 0.25) is 0 Å². The van der Waals surface area contributed by atoms with Crippen molar-refractivity contribution in [3.05, 3.63) is 100.0 Å². The highest BCUT2D eigenvalue weighted by atomic mass is 19.4. The fourth-order valence-corrected chi connectivity index (χ4v) is 4.36. The van der Waals surface area contributed by atoms with Crippen LogP contribution in [-0.2, 0) is 13.2 Å². The zero-order valence-corrected chi connectivity index (χ0v) is 19.7. The number of carbonyl (C=O) groups excluding carboxylic acids is 1. The number of hydrogen-bond donors (Lipinski definition) is 0. The number of aromatic nitrogens is 3. The van der Waals surface area contributed by atoms with E-state index in [0.717, 1.165) is 32.8 Å². The van der Waals surface area contributed by atoms with Gasteiger partial charge in [0.15, 0.2) is 5.69 Å². The first-order chi connectivity index (χ1) is 17.1. The summed E-state index contributed by atoms with van der Waals surface area (Å²) >= 11 is 0. The van der Waals surface area contributed by atoms with Crippen molar-refractivity contribution >= 4 is 33.4 Å². The highest BCUT2D eigenvalue weighted by Gasteiger charge is 2.32. The van der Waals surface area contributed by atoms with Crippen molar-refractivity contribution in [1.82, 2.24) is 14.3 Å². The Morgan fingerprint density at radius 2 is 1.67 bits per heavy atom. The number of alkyl halides is 3. The third-order valence-electron chi connectivity index (χ3n) is 6.29. The van der Waals surface area contributed by atoms with E-state index in [0.29, 0.717) is 16.5 Å². The second kappa shape index (κ2) is 8.37. The Bertz CT molecular complexity index is 1700. The zero-order valence-electron chi connectivity index (χ0n) is 19.7. The van der Waals surface area contributed by atoms with Crippen molar-refractivity contribution in [3.8, 4) is 5.69 Å². The van der Waals surface area contributed by atoms with Crippen LogP contribution in [0.4, 0.5) is 18.9 Å². The zero-order chi connectivity index (χ0) is 25.8. The third kappa shape index (κ3) is 3.73. The molecule has 6 nitrogen and oxygen atoms in total. The Morgan fingerprint density at radius 3 is 2.36 bits per heavy atom. The van der Waals surface area contributed by atoms with Gasteiger partial charge in [0.05, 0.1) is 11.3 Å². The van der Waals surface area contributed by atoms with Crippen LogP contribution in [0.2, 0.25) is 0 Å². The van der Waals surface area contributed by atoms with Crippen LogP contribution in [0, 0.1) is 6.92 Å². The Morgan fingerprint density at radius 1 is 0.972 bits per heavy atom. The number of benzene rings is 3. The molecule has 0 saturated carbocycles. The fourth-order valence-electron chi connectivity index (χ4n) is 4.36. The fraction of sp³-hybridized carbons (Fsp3) is 0.148. The highest BCUT2D eigenvalue weighted by Crippen LogP contribution is 2.33. The van der Waals surface area contributed by atoms with E-state index < -0.39 is 23.2 Å². The molecule has 2 heterocycles. The normalized spacial score (nSPS) is 11.8. The number of aryl methyl sites for hydroxylation is 2. The molecule has 0 aliphatic heterocycles. The maximum Gasteiger partial charge on any atom is 0.416 e. The van der Waals surface area contributed by atoms with Gasteiger partial charge in [-0.15, -0.1) is 0 Å². The molecule has 0 radical (unpaired) electrons. The number of anilines is 1. The lowest BCUT2D eigenvalue weighted by molar-refractivity contribution is -0.137. The van der Waals surface area contributed by atoms with E-state index in [-0.39, 0.29) is 16.9 Å². The van der Waals surface area contributed by atoms with Crippen molar-refractivity contribution in [2.75, 3.05) is 11.9 Å². The Labute approximate surface area is 203 Å². The van der Waals surface area contributed by atoms with Gasteiger partial charge in [0.25, 0.3) is 11.5 Å². The SMILES string of the molecule is Cc1ccc(-n2nc(C(=O)N(C)c3cccc(C(F)(F)F)c3)c3c4ccccc4n(C)c3c2=O)cc1. The summed E-state index contributed by atoms with van der Waals surface area (Å²) in [7, 11) is 3.12. The number of hydrogen-bond acceptors (Lipinski definition) is 3. The number of para-hydroxylation sites is 1. The van der Waals surface area contributed by atoms with Crippen molar-refractivity contribution in [1.29, 1.82) is 0 Å². The molecule has 0 fully saturated rings. The van der Waals surface area contributed by atoms with E-state index in [2.05, 4.69) is 5.10 Å². The van der Waals surface area contributed by atoms with Crippen LogP contribution in [0.3, 0.4) is 0 Å². The second-order valence-electron chi connectivity index (χ2n) is 8.61. The minimum Gasteiger partial charge on any atom is -0.339 e. The van der Waals surface area contributed by atoms with E-state index >= 15 is 0 Å². The summed E-state index contributed by atoms with van der Waals surface area (Å²) in [5.74, 6) is -0.642. The molecule has 182 valence electrons. The summed E-state index contributed by atoms with van der Waals surface area (Å²) in [6.45, 7) is 1.91. The first kappa shape index (κ1) is 23.3. The van der Waals surface area contributed by atoms with Gasteiger partial charge in [0, 0.05) is 36.1 Å². The predicted octanol–water partition coefficient (Wildman–Crippen LogP) is 5.48. The Balaban J connectivity index is 1.78. The molecule has 36 heavy (non-hydrogen) atoms. The smallest absolute Gasteiger partial charge is 0.339 e. The van der Waals surface area contributed by atoms with Crippen LogP contribution in [-0.4, -0.2) is 27.3 Å². The van der Waals surface area contributed by atoms with Gasteiger partial charge < -0.3 is 9.47 Å². The number of halogens is 3. The first-order valence-electron chi connectivity index (χ1n) is 11.1. The minimum absolute atomic E-state index is 0.0399. The van der Waals surface area contributed by atoms with E-state index in [4.69, 9.17) is 0 Å². The van der Waals surface area contributed by atoms with Crippen LogP contribution in [0.5, 0.6) is 0 Å². The quantitative estimate of drug-likeness (QED) is 0.337. The van der Waals surface area contributed by atoms with Crippen molar-refractivity contribution in [3.63, 3.8) is 0 Å². The van der Waals surface area contributed by atoms with Gasteiger partial charge in [-0.3, -0.25) is 9.59 Å². The van der Waals surface area contributed by atoms with E-state index in [9.17, 15) is 22.8 Å². The molecule has 0 saturated heterocycles. The van der Waals surface area contributed by atoms with Crippen molar-refractivity contribution in [2.45, 2.75) is 13.1 Å². The topological polar surface area (TPSA) is 60.1 Å². The minimum atomic E-state index is -4.56. The third-order valence-corrected chi connectivity index (χ3v) is 6.29. The summed E-state index contributed by atoms with van der Waals surface area (Å²) in [5, 5.41) is 5.46. The summed E-state index contributed by atoms with van der Waals surface area (Å²) in [6.07, 6.45) is -4.56. The molecule has 0 aliphatic rings. The number of amides is 1. The number of nitrogens with zero attached hydrogens (tertiary/aromatic N) is 4. The largest absolute Gasteiger partial charge is 0.416 e. The van der Waals surface area contributed by atoms with Gasteiger partial charge in [0.1, 0.15) is 5.52 Å².